The molecule has 0 unspecified atom stereocenters. The highest BCUT2D eigenvalue weighted by Crippen LogP contribution is 2.36. The minimum Gasteiger partial charge on any atom is -0.348 e. The Hall–Kier alpha value is -5.34. The second-order valence-corrected chi connectivity index (χ2v) is 15.8. The molecule has 4 amide bonds. The van der Waals surface area contributed by atoms with Crippen LogP contribution in [0.15, 0.2) is 73.1 Å². The Balaban J connectivity index is 0.899. The summed E-state index contributed by atoms with van der Waals surface area (Å²) in [7, 11) is 7.65. The number of likely N-dealkylation sites (tertiary alicyclic amines) is 2. The smallest absolute Gasteiger partial charge is 0.271 e. The van der Waals surface area contributed by atoms with Crippen LogP contribution < -0.4 is 10.6 Å². The Morgan fingerprint density at radius 1 is 0.607 bits per heavy atom. The van der Waals surface area contributed by atoms with Crippen molar-refractivity contribution in [3.8, 4) is 0 Å². The Morgan fingerprint density at radius 2 is 0.982 bits per heavy atom. The van der Waals surface area contributed by atoms with Crippen LogP contribution in [0.25, 0.3) is 0 Å². The summed E-state index contributed by atoms with van der Waals surface area (Å²) in [6.45, 7) is 1.27. The van der Waals surface area contributed by atoms with E-state index in [9.17, 15) is 19.2 Å². The first-order chi connectivity index (χ1) is 27.1. The summed E-state index contributed by atoms with van der Waals surface area (Å²) < 4.78 is 0. The fourth-order valence-electron chi connectivity index (χ4n) is 8.69. The van der Waals surface area contributed by atoms with E-state index in [-0.39, 0.29) is 47.8 Å². The molecule has 4 atom stereocenters. The van der Waals surface area contributed by atoms with E-state index in [0.717, 1.165) is 36.8 Å². The van der Waals surface area contributed by atoms with Crippen LogP contribution in [0.1, 0.15) is 119 Å². The first-order valence-corrected chi connectivity index (χ1v) is 19.8. The van der Waals surface area contributed by atoms with Gasteiger partial charge in [-0.05, 0) is 90.7 Å². The Bertz CT molecular complexity index is 1830. The SMILES string of the molecule is CN(C)[C@@H](C(=O)N1CCC[C@H]1c1nc(C(=O)N[C@H]2CC[C@H](NC(=O)c3c[nH]c([C@@H]4CCCN4C(=O)[C@@H](c4ccccc4)N(C)C)n3)CC2)c[nH]1)c1ccccc1. The van der Waals surface area contributed by atoms with Crippen molar-refractivity contribution in [3.05, 3.63) is 107 Å². The van der Waals surface area contributed by atoms with Gasteiger partial charge in [-0.3, -0.25) is 29.0 Å². The van der Waals surface area contributed by atoms with Crippen LogP contribution in [0.3, 0.4) is 0 Å². The molecule has 3 fully saturated rings. The normalized spacial score (nSPS) is 22.3. The Labute approximate surface area is 328 Å². The number of nitrogens with zero attached hydrogens (tertiary/aromatic N) is 6. The van der Waals surface area contributed by atoms with Gasteiger partial charge in [0.15, 0.2) is 0 Å². The number of aromatic nitrogens is 4. The zero-order chi connectivity index (χ0) is 39.3. The van der Waals surface area contributed by atoms with Crippen molar-refractivity contribution in [2.24, 2.45) is 0 Å². The molecule has 296 valence electrons. The third-order valence-electron chi connectivity index (χ3n) is 11.5. The van der Waals surface area contributed by atoms with Gasteiger partial charge in [-0.25, -0.2) is 9.97 Å². The Kier molecular flexibility index (Phi) is 12.0. The molecule has 1 saturated carbocycles. The molecule has 2 aromatic heterocycles. The topological polar surface area (TPSA) is 163 Å². The van der Waals surface area contributed by atoms with Gasteiger partial charge in [0.1, 0.15) is 35.1 Å². The van der Waals surface area contributed by atoms with Crippen molar-refractivity contribution in [1.29, 1.82) is 0 Å². The fraction of sp³-hybridized carbons (Fsp3) is 0.476. The van der Waals surface area contributed by atoms with Gasteiger partial charge in [0.05, 0.1) is 12.1 Å². The van der Waals surface area contributed by atoms with Gasteiger partial charge < -0.3 is 30.4 Å². The molecule has 1 aliphatic carbocycles. The average molecular weight is 763 g/mol. The second kappa shape index (κ2) is 17.2. The molecule has 0 bridgehead atoms. The number of carbonyl (C=O) groups is 4. The van der Waals surface area contributed by atoms with E-state index in [1.807, 2.05) is 108 Å². The van der Waals surface area contributed by atoms with Gasteiger partial charge in [-0.2, -0.15) is 0 Å². The van der Waals surface area contributed by atoms with Gasteiger partial charge in [-0.15, -0.1) is 0 Å². The fourth-order valence-corrected chi connectivity index (χ4v) is 8.69. The van der Waals surface area contributed by atoms with Crippen LogP contribution in [0, 0.1) is 0 Å². The lowest BCUT2D eigenvalue weighted by atomic mass is 9.91. The molecule has 2 aromatic carbocycles. The van der Waals surface area contributed by atoms with Gasteiger partial charge >= 0.3 is 0 Å². The van der Waals surface area contributed by atoms with Crippen molar-refractivity contribution in [3.63, 3.8) is 0 Å². The molecule has 2 aliphatic heterocycles. The molecule has 4 aromatic rings. The molecule has 14 nitrogen and oxygen atoms in total. The second-order valence-electron chi connectivity index (χ2n) is 15.8. The Morgan fingerprint density at radius 3 is 1.34 bits per heavy atom. The molecule has 2 saturated heterocycles. The molecule has 56 heavy (non-hydrogen) atoms. The molecule has 0 spiro atoms. The number of rotatable bonds is 12. The highest BCUT2D eigenvalue weighted by Gasteiger charge is 2.39. The van der Waals surface area contributed by atoms with Crippen LogP contribution in [-0.4, -0.2) is 117 Å². The molecular weight excluding hydrogens is 709 g/mol. The number of benzene rings is 2. The van der Waals surface area contributed by atoms with Crippen LogP contribution >= 0.6 is 0 Å². The molecular formula is C42H54N10O4. The van der Waals surface area contributed by atoms with Gasteiger partial charge in [0.2, 0.25) is 11.8 Å². The molecule has 3 aliphatic rings. The third kappa shape index (κ3) is 8.41. The van der Waals surface area contributed by atoms with Gasteiger partial charge in [0.25, 0.3) is 11.8 Å². The van der Waals surface area contributed by atoms with Crippen molar-refractivity contribution in [1.82, 2.24) is 50.2 Å². The first-order valence-electron chi connectivity index (χ1n) is 19.8. The van der Waals surface area contributed by atoms with Crippen molar-refractivity contribution in [2.75, 3.05) is 41.3 Å². The number of aromatic amines is 2. The van der Waals surface area contributed by atoms with Crippen molar-refractivity contribution < 1.29 is 19.2 Å². The van der Waals surface area contributed by atoms with Gasteiger partial charge in [-0.1, -0.05) is 60.7 Å². The maximum Gasteiger partial charge on any atom is 0.271 e. The summed E-state index contributed by atoms with van der Waals surface area (Å²) in [6, 6.07) is 18.2. The number of hydrogen-bond donors (Lipinski definition) is 4. The number of hydrogen-bond acceptors (Lipinski definition) is 8. The lowest BCUT2D eigenvalue weighted by Gasteiger charge is -2.31. The maximum absolute atomic E-state index is 13.8. The molecule has 7 rings (SSSR count). The van der Waals surface area contributed by atoms with E-state index < -0.39 is 12.1 Å². The number of likely N-dealkylation sites (N-methyl/N-ethyl adjacent to an activating group) is 2. The van der Waals surface area contributed by atoms with E-state index in [0.29, 0.717) is 61.8 Å². The van der Waals surface area contributed by atoms with Crippen LogP contribution in [0.4, 0.5) is 0 Å². The summed E-state index contributed by atoms with van der Waals surface area (Å²) in [5.74, 6) is 0.777. The zero-order valence-corrected chi connectivity index (χ0v) is 32.8. The number of carbonyl (C=O) groups excluding carboxylic acids is 4. The van der Waals surface area contributed by atoms with E-state index in [4.69, 9.17) is 0 Å². The standard InChI is InChI=1S/C42H54N10O4/c1-49(2)35(27-13-7-5-8-14-27)41(55)51-23-11-17-33(51)37-43-25-31(47-37)39(53)45-29-19-21-30(22-20-29)46-40(54)32-26-44-38(48-32)34-18-12-24-52(34)42(56)36(50(3)4)28-15-9-6-10-16-28/h5-10,13-16,25-26,29-30,33-36H,11-12,17-24H2,1-4H3,(H,43,47)(H,44,48)(H,45,53)(H,46,54)/t29-,30-,33-,34-,35+,36+/m0/s1. The number of amides is 4. The van der Waals surface area contributed by atoms with E-state index in [1.165, 1.54) is 0 Å². The van der Waals surface area contributed by atoms with E-state index in [2.05, 4.69) is 30.6 Å². The lowest BCUT2D eigenvalue weighted by molar-refractivity contribution is -0.138. The predicted octanol–water partition coefficient (Wildman–Crippen LogP) is 4.54. The maximum atomic E-state index is 13.8. The summed E-state index contributed by atoms with van der Waals surface area (Å²) in [4.78, 5) is 77.6. The zero-order valence-electron chi connectivity index (χ0n) is 32.8. The predicted molar refractivity (Wildman–Crippen MR) is 211 cm³/mol. The number of nitrogens with one attached hydrogen (secondary N) is 4. The van der Waals surface area contributed by atoms with Crippen LogP contribution in [-0.2, 0) is 9.59 Å². The van der Waals surface area contributed by atoms with Crippen molar-refractivity contribution in [2.45, 2.75) is 87.6 Å². The average Bonchev–Trinajstić information content (AvgIpc) is 4.03. The molecule has 4 heterocycles. The van der Waals surface area contributed by atoms with Crippen LogP contribution in [0.2, 0.25) is 0 Å². The summed E-state index contributed by atoms with van der Waals surface area (Å²) in [5.41, 5.74) is 2.48. The van der Waals surface area contributed by atoms with Crippen molar-refractivity contribution >= 4 is 23.6 Å². The molecule has 14 heteroatoms. The molecule has 0 radical (unpaired) electrons. The monoisotopic (exact) mass is 762 g/mol. The van der Waals surface area contributed by atoms with Crippen LogP contribution in [0.5, 0.6) is 0 Å². The number of H-pyrrole nitrogens is 2. The summed E-state index contributed by atoms with van der Waals surface area (Å²) >= 11 is 0. The highest BCUT2D eigenvalue weighted by atomic mass is 16.2. The summed E-state index contributed by atoms with van der Waals surface area (Å²) in [6.07, 6.45) is 9.37. The van der Waals surface area contributed by atoms with Gasteiger partial charge in [0, 0.05) is 37.6 Å². The molecule has 4 N–H and O–H groups in total. The highest BCUT2D eigenvalue weighted by molar-refractivity contribution is 5.93. The third-order valence-corrected chi connectivity index (χ3v) is 11.5. The largest absolute Gasteiger partial charge is 0.348 e. The summed E-state index contributed by atoms with van der Waals surface area (Å²) in [5, 5.41) is 6.26. The van der Waals surface area contributed by atoms with E-state index >= 15 is 0 Å². The first kappa shape index (κ1) is 38.9. The minimum absolute atomic E-state index is 0.0208. The lowest BCUT2D eigenvalue weighted by Crippen LogP contribution is -2.44. The van der Waals surface area contributed by atoms with E-state index in [1.54, 1.807) is 12.4 Å². The minimum atomic E-state index is -0.409. The number of imidazole rings is 2. The quantitative estimate of drug-likeness (QED) is 0.164.